The summed E-state index contributed by atoms with van der Waals surface area (Å²) in [5, 5.41) is 6.20. The standard InChI is InChI=1S/C20H24N2O2.ClH/c23-20(19-15-21-13-14-24-19)22-12-11-18(16-7-3-1-4-8-16)17-9-5-2-6-10-17;/h1-10,18-19,21H,11-15H2,(H,22,23);1H. The van der Waals surface area contributed by atoms with Crippen LogP contribution in [-0.4, -0.2) is 38.3 Å². The van der Waals surface area contributed by atoms with E-state index in [9.17, 15) is 4.79 Å². The maximum Gasteiger partial charge on any atom is 0.250 e. The molecule has 0 spiro atoms. The molecule has 2 aromatic carbocycles. The predicted octanol–water partition coefficient (Wildman–Crippen LogP) is 2.74. The van der Waals surface area contributed by atoms with E-state index in [2.05, 4.69) is 59.2 Å². The molecule has 5 heteroatoms. The fourth-order valence-corrected chi connectivity index (χ4v) is 3.08. The van der Waals surface area contributed by atoms with E-state index >= 15 is 0 Å². The molecule has 25 heavy (non-hydrogen) atoms. The molecule has 1 amide bonds. The summed E-state index contributed by atoms with van der Waals surface area (Å²) < 4.78 is 5.49. The van der Waals surface area contributed by atoms with Crippen LogP contribution in [0.2, 0.25) is 0 Å². The molecule has 1 saturated heterocycles. The lowest BCUT2D eigenvalue weighted by Crippen LogP contribution is -2.48. The van der Waals surface area contributed by atoms with Crippen LogP contribution < -0.4 is 10.6 Å². The average Bonchev–Trinajstić information content (AvgIpc) is 2.67. The van der Waals surface area contributed by atoms with Crippen LogP contribution in [0.5, 0.6) is 0 Å². The number of carbonyl (C=O) groups excluding carboxylic acids is 1. The highest BCUT2D eigenvalue weighted by molar-refractivity contribution is 5.85. The number of morpholine rings is 1. The molecule has 2 aromatic rings. The summed E-state index contributed by atoms with van der Waals surface area (Å²) in [5.41, 5.74) is 2.54. The number of hydrogen-bond donors (Lipinski definition) is 2. The van der Waals surface area contributed by atoms with Gasteiger partial charge in [0.1, 0.15) is 6.10 Å². The van der Waals surface area contributed by atoms with Gasteiger partial charge < -0.3 is 15.4 Å². The minimum atomic E-state index is -0.370. The second-order valence-electron chi connectivity index (χ2n) is 6.02. The Morgan fingerprint density at radius 2 is 1.68 bits per heavy atom. The lowest BCUT2D eigenvalue weighted by Gasteiger charge is -2.23. The highest BCUT2D eigenvalue weighted by Gasteiger charge is 2.22. The third-order valence-electron chi connectivity index (χ3n) is 4.36. The van der Waals surface area contributed by atoms with Crippen LogP contribution in [0.15, 0.2) is 60.7 Å². The molecule has 1 aliphatic heterocycles. The number of halogens is 1. The number of hydrogen-bond acceptors (Lipinski definition) is 3. The summed E-state index contributed by atoms with van der Waals surface area (Å²) in [6.45, 7) is 2.63. The van der Waals surface area contributed by atoms with Crippen molar-refractivity contribution in [1.29, 1.82) is 0 Å². The molecule has 1 heterocycles. The number of benzene rings is 2. The van der Waals surface area contributed by atoms with Gasteiger partial charge in [0.15, 0.2) is 0 Å². The summed E-state index contributed by atoms with van der Waals surface area (Å²) in [6.07, 6.45) is 0.491. The first-order valence-electron chi connectivity index (χ1n) is 8.54. The van der Waals surface area contributed by atoms with Gasteiger partial charge in [-0.05, 0) is 17.5 Å². The van der Waals surface area contributed by atoms with E-state index in [-0.39, 0.29) is 30.3 Å². The van der Waals surface area contributed by atoms with E-state index in [4.69, 9.17) is 4.74 Å². The molecular formula is C20H25ClN2O2. The van der Waals surface area contributed by atoms with Gasteiger partial charge in [0.2, 0.25) is 5.91 Å². The monoisotopic (exact) mass is 360 g/mol. The molecule has 0 radical (unpaired) electrons. The van der Waals surface area contributed by atoms with Crippen molar-refractivity contribution in [2.24, 2.45) is 0 Å². The molecule has 134 valence electrons. The van der Waals surface area contributed by atoms with Crippen molar-refractivity contribution in [3.8, 4) is 0 Å². The molecule has 0 aliphatic carbocycles. The molecule has 3 rings (SSSR count). The Morgan fingerprint density at radius 3 is 2.20 bits per heavy atom. The van der Waals surface area contributed by atoms with Gasteiger partial charge in [0.05, 0.1) is 6.61 Å². The predicted molar refractivity (Wildman–Crippen MR) is 102 cm³/mol. The van der Waals surface area contributed by atoms with Gasteiger partial charge in [-0.15, -0.1) is 12.4 Å². The smallest absolute Gasteiger partial charge is 0.250 e. The third kappa shape index (κ3) is 5.56. The summed E-state index contributed by atoms with van der Waals surface area (Å²) in [6, 6.07) is 20.9. The van der Waals surface area contributed by atoms with Crippen LogP contribution in [0.3, 0.4) is 0 Å². The molecule has 1 atom stereocenters. The highest BCUT2D eigenvalue weighted by atomic mass is 35.5. The topological polar surface area (TPSA) is 50.4 Å². The van der Waals surface area contributed by atoms with Gasteiger partial charge in [-0.1, -0.05) is 60.7 Å². The third-order valence-corrected chi connectivity index (χ3v) is 4.36. The van der Waals surface area contributed by atoms with Gasteiger partial charge in [0.25, 0.3) is 0 Å². The van der Waals surface area contributed by atoms with E-state index < -0.39 is 0 Å². The zero-order valence-electron chi connectivity index (χ0n) is 14.2. The maximum atomic E-state index is 12.2. The number of amides is 1. The van der Waals surface area contributed by atoms with Gasteiger partial charge in [0, 0.05) is 25.6 Å². The average molecular weight is 361 g/mol. The van der Waals surface area contributed by atoms with Gasteiger partial charge >= 0.3 is 0 Å². The van der Waals surface area contributed by atoms with Gasteiger partial charge in [-0.2, -0.15) is 0 Å². The summed E-state index contributed by atoms with van der Waals surface area (Å²) >= 11 is 0. The molecular weight excluding hydrogens is 336 g/mol. The van der Waals surface area contributed by atoms with Crippen molar-refractivity contribution < 1.29 is 9.53 Å². The molecule has 0 aromatic heterocycles. The molecule has 2 N–H and O–H groups in total. The summed E-state index contributed by atoms with van der Waals surface area (Å²) in [5.74, 6) is 0.250. The molecule has 1 aliphatic rings. The number of carbonyl (C=O) groups is 1. The van der Waals surface area contributed by atoms with Crippen molar-refractivity contribution in [2.45, 2.75) is 18.4 Å². The summed E-state index contributed by atoms with van der Waals surface area (Å²) in [4.78, 5) is 12.2. The van der Waals surface area contributed by atoms with Crippen molar-refractivity contribution in [1.82, 2.24) is 10.6 Å². The van der Waals surface area contributed by atoms with Crippen LogP contribution in [-0.2, 0) is 9.53 Å². The van der Waals surface area contributed by atoms with Crippen LogP contribution >= 0.6 is 12.4 Å². The SMILES string of the molecule is Cl.O=C(NCCC(c1ccccc1)c1ccccc1)C1CNCCO1. The number of nitrogens with one attached hydrogen (secondary N) is 2. The van der Waals surface area contributed by atoms with E-state index in [0.29, 0.717) is 19.7 Å². The molecule has 0 bridgehead atoms. The second kappa shape index (κ2) is 10.2. The Morgan fingerprint density at radius 1 is 1.08 bits per heavy atom. The van der Waals surface area contributed by atoms with Crippen molar-refractivity contribution in [3.63, 3.8) is 0 Å². The lowest BCUT2D eigenvalue weighted by atomic mass is 9.88. The zero-order chi connectivity index (χ0) is 16.6. The highest BCUT2D eigenvalue weighted by Crippen LogP contribution is 2.27. The first-order chi connectivity index (χ1) is 11.8. The van der Waals surface area contributed by atoms with Crippen molar-refractivity contribution >= 4 is 18.3 Å². The van der Waals surface area contributed by atoms with Gasteiger partial charge in [-0.3, -0.25) is 4.79 Å². The van der Waals surface area contributed by atoms with Crippen LogP contribution in [0.1, 0.15) is 23.5 Å². The Hall–Kier alpha value is -1.88. The molecule has 1 unspecified atom stereocenters. The van der Waals surface area contributed by atoms with Crippen LogP contribution in [0.25, 0.3) is 0 Å². The van der Waals surface area contributed by atoms with Crippen molar-refractivity contribution in [3.05, 3.63) is 71.8 Å². The Kier molecular flexibility index (Phi) is 7.92. The van der Waals surface area contributed by atoms with Crippen molar-refractivity contribution in [2.75, 3.05) is 26.2 Å². The molecule has 0 saturated carbocycles. The minimum Gasteiger partial charge on any atom is -0.366 e. The first-order valence-corrected chi connectivity index (χ1v) is 8.54. The Bertz CT molecular complexity index is 591. The zero-order valence-corrected chi connectivity index (χ0v) is 15.0. The summed E-state index contributed by atoms with van der Waals surface area (Å²) in [7, 11) is 0. The number of ether oxygens (including phenoxy) is 1. The molecule has 1 fully saturated rings. The quantitative estimate of drug-likeness (QED) is 0.832. The van der Waals surface area contributed by atoms with Gasteiger partial charge in [-0.25, -0.2) is 0 Å². The Balaban J connectivity index is 0.00000225. The van der Waals surface area contributed by atoms with E-state index in [0.717, 1.165) is 13.0 Å². The lowest BCUT2D eigenvalue weighted by molar-refractivity contribution is -0.134. The Labute approximate surface area is 155 Å². The normalized spacial score (nSPS) is 16.9. The minimum absolute atomic E-state index is 0. The second-order valence-corrected chi connectivity index (χ2v) is 6.02. The fourth-order valence-electron chi connectivity index (χ4n) is 3.08. The van der Waals surface area contributed by atoms with E-state index in [1.807, 2.05) is 12.1 Å². The van der Waals surface area contributed by atoms with Crippen LogP contribution in [0.4, 0.5) is 0 Å². The fraction of sp³-hybridized carbons (Fsp3) is 0.350. The van der Waals surface area contributed by atoms with E-state index in [1.54, 1.807) is 0 Å². The van der Waals surface area contributed by atoms with E-state index in [1.165, 1.54) is 11.1 Å². The van der Waals surface area contributed by atoms with Crippen LogP contribution in [0, 0.1) is 0 Å². The maximum absolute atomic E-state index is 12.2. The largest absolute Gasteiger partial charge is 0.366 e. The first kappa shape index (κ1) is 19.4. The molecule has 4 nitrogen and oxygen atoms in total. The number of rotatable bonds is 6.